The largest absolute Gasteiger partial charge is 0.265 e. The van der Waals surface area contributed by atoms with Gasteiger partial charge in [0.25, 0.3) is 10.1 Å². The van der Waals surface area contributed by atoms with Crippen molar-refractivity contribution in [2.75, 3.05) is 6.26 Å². The van der Waals surface area contributed by atoms with Crippen LogP contribution in [0, 0.1) is 11.3 Å². The molecule has 1 aromatic carbocycles. The third-order valence-electron chi connectivity index (χ3n) is 1.58. The van der Waals surface area contributed by atoms with Crippen LogP contribution in [0.2, 0.25) is 5.02 Å². The van der Waals surface area contributed by atoms with Crippen LogP contribution in [0.15, 0.2) is 24.3 Å². The molecule has 0 amide bonds. The topological polar surface area (TPSA) is 67.2 Å². The van der Waals surface area contributed by atoms with Gasteiger partial charge in [0.1, 0.15) is 6.07 Å². The first-order chi connectivity index (χ1) is 6.94. The average molecular weight is 246 g/mol. The molecule has 1 atom stereocenters. The van der Waals surface area contributed by atoms with Crippen LogP contribution in [-0.4, -0.2) is 14.7 Å². The molecule has 1 rings (SSSR count). The molecule has 0 unspecified atom stereocenters. The second-order valence-corrected chi connectivity index (χ2v) is 4.84. The van der Waals surface area contributed by atoms with Crippen molar-refractivity contribution in [3.05, 3.63) is 34.9 Å². The molecule has 0 heterocycles. The monoisotopic (exact) mass is 245 g/mol. The van der Waals surface area contributed by atoms with Gasteiger partial charge in [-0.3, -0.25) is 0 Å². The molecule has 4 nitrogen and oxygen atoms in total. The van der Waals surface area contributed by atoms with E-state index in [0.29, 0.717) is 10.6 Å². The normalized spacial score (nSPS) is 13.1. The van der Waals surface area contributed by atoms with Crippen LogP contribution in [0.4, 0.5) is 0 Å². The molecule has 0 bridgehead atoms. The molecule has 6 heteroatoms. The number of hydrogen-bond donors (Lipinski definition) is 0. The van der Waals surface area contributed by atoms with Crippen LogP contribution in [0.3, 0.4) is 0 Å². The Balaban J connectivity index is 3.05. The zero-order valence-corrected chi connectivity index (χ0v) is 9.42. The number of benzene rings is 1. The smallest absolute Gasteiger partial charge is 0.247 e. The van der Waals surface area contributed by atoms with Crippen molar-refractivity contribution in [2.24, 2.45) is 0 Å². The summed E-state index contributed by atoms with van der Waals surface area (Å²) in [5, 5.41) is 9.07. The van der Waals surface area contributed by atoms with Gasteiger partial charge in [0, 0.05) is 10.6 Å². The molecule has 15 heavy (non-hydrogen) atoms. The third-order valence-corrected chi connectivity index (χ3v) is 2.46. The van der Waals surface area contributed by atoms with Crippen LogP contribution in [0.5, 0.6) is 0 Å². The third kappa shape index (κ3) is 3.51. The molecule has 0 aliphatic heterocycles. The summed E-state index contributed by atoms with van der Waals surface area (Å²) < 4.78 is 26.3. The van der Waals surface area contributed by atoms with Crippen molar-refractivity contribution in [3.8, 4) is 6.07 Å². The van der Waals surface area contributed by atoms with Gasteiger partial charge in [-0.2, -0.15) is 13.7 Å². The number of rotatable bonds is 3. The van der Waals surface area contributed by atoms with Gasteiger partial charge in [-0.15, -0.1) is 0 Å². The number of nitrogens with zero attached hydrogens (tertiary/aromatic N) is 1. The van der Waals surface area contributed by atoms with Crippen LogP contribution >= 0.6 is 11.6 Å². The number of hydrogen-bond acceptors (Lipinski definition) is 4. The molecule has 1 aromatic rings. The fraction of sp³-hybridized carbons (Fsp3) is 0.222. The lowest BCUT2D eigenvalue weighted by Crippen LogP contribution is -2.09. The summed E-state index contributed by atoms with van der Waals surface area (Å²) >= 11 is 5.80. The fourth-order valence-corrected chi connectivity index (χ4v) is 1.74. The van der Waals surface area contributed by atoms with Crippen molar-refractivity contribution in [2.45, 2.75) is 6.10 Å². The van der Waals surface area contributed by atoms with Gasteiger partial charge in [-0.05, 0) is 6.07 Å². The highest BCUT2D eigenvalue weighted by Gasteiger charge is 2.19. The first-order valence-electron chi connectivity index (χ1n) is 3.96. The SMILES string of the molecule is CS(=O)(=O)O[C@@H](C#N)c1ccccc1Cl. The van der Waals surface area contributed by atoms with E-state index in [1.54, 1.807) is 30.3 Å². The molecule has 0 aliphatic carbocycles. The van der Waals surface area contributed by atoms with Gasteiger partial charge in [0.05, 0.1) is 6.26 Å². The molecule has 0 spiro atoms. The maximum atomic E-state index is 10.9. The minimum atomic E-state index is -3.68. The molecular formula is C9H8ClNO3S. The first kappa shape index (κ1) is 12.0. The Bertz CT molecular complexity index is 492. The van der Waals surface area contributed by atoms with Crippen LogP contribution in [0.1, 0.15) is 11.7 Å². The highest BCUT2D eigenvalue weighted by Crippen LogP contribution is 2.25. The average Bonchev–Trinajstić information content (AvgIpc) is 2.14. The van der Waals surface area contributed by atoms with E-state index in [1.807, 2.05) is 0 Å². The summed E-state index contributed by atoms with van der Waals surface area (Å²) in [6.07, 6.45) is -0.317. The summed E-state index contributed by atoms with van der Waals surface area (Å²) in [6, 6.07) is 8.17. The highest BCUT2D eigenvalue weighted by molar-refractivity contribution is 7.86. The quantitative estimate of drug-likeness (QED) is 0.763. The molecule has 80 valence electrons. The summed E-state index contributed by atoms with van der Waals surface area (Å²) in [5.41, 5.74) is 0.340. The minimum absolute atomic E-state index is 0.299. The molecule has 0 saturated heterocycles. The van der Waals surface area contributed by atoms with E-state index in [-0.39, 0.29) is 0 Å². The predicted octanol–water partition coefficient (Wildman–Crippen LogP) is 1.88. The van der Waals surface area contributed by atoms with Crippen molar-refractivity contribution in [1.29, 1.82) is 5.26 Å². The summed E-state index contributed by atoms with van der Waals surface area (Å²) in [6.45, 7) is 0. The van der Waals surface area contributed by atoms with Gasteiger partial charge in [0.15, 0.2) is 6.10 Å². The van der Waals surface area contributed by atoms with Crippen LogP contribution < -0.4 is 0 Å². The van der Waals surface area contributed by atoms with Crippen LogP contribution in [0.25, 0.3) is 0 Å². The van der Waals surface area contributed by atoms with Gasteiger partial charge >= 0.3 is 0 Å². The summed E-state index contributed by atoms with van der Waals surface area (Å²) in [4.78, 5) is 0. The van der Waals surface area contributed by atoms with Gasteiger partial charge in [-0.25, -0.2) is 4.18 Å². The van der Waals surface area contributed by atoms with Crippen molar-refractivity contribution in [1.82, 2.24) is 0 Å². The van der Waals surface area contributed by atoms with Crippen molar-refractivity contribution in [3.63, 3.8) is 0 Å². The molecule has 0 N–H and O–H groups in total. The van der Waals surface area contributed by atoms with Crippen molar-refractivity contribution >= 4 is 21.7 Å². The van der Waals surface area contributed by atoms with E-state index in [1.165, 1.54) is 0 Å². The van der Waals surface area contributed by atoms with Crippen LogP contribution in [-0.2, 0) is 14.3 Å². The maximum Gasteiger partial charge on any atom is 0.265 e. The summed E-state index contributed by atoms with van der Waals surface area (Å²) in [7, 11) is -3.68. The Hall–Kier alpha value is -1.09. The minimum Gasteiger partial charge on any atom is -0.247 e. The van der Waals surface area contributed by atoms with E-state index >= 15 is 0 Å². The molecule has 0 fully saturated rings. The van der Waals surface area contributed by atoms with E-state index in [4.69, 9.17) is 16.9 Å². The Morgan fingerprint density at radius 3 is 2.53 bits per heavy atom. The second kappa shape index (κ2) is 4.62. The van der Waals surface area contributed by atoms with Gasteiger partial charge in [0.2, 0.25) is 0 Å². The van der Waals surface area contributed by atoms with Gasteiger partial charge < -0.3 is 0 Å². The number of nitriles is 1. The lowest BCUT2D eigenvalue weighted by atomic mass is 10.1. The highest BCUT2D eigenvalue weighted by atomic mass is 35.5. The molecule has 0 aliphatic rings. The zero-order chi connectivity index (χ0) is 11.5. The Kier molecular flexibility index (Phi) is 3.69. The maximum absolute atomic E-state index is 10.9. The standard InChI is InChI=1S/C9H8ClNO3S/c1-15(12,13)14-9(6-11)7-4-2-3-5-8(7)10/h2-5,9H,1H3/t9-/m0/s1. The van der Waals surface area contributed by atoms with Gasteiger partial charge in [-0.1, -0.05) is 29.8 Å². The van der Waals surface area contributed by atoms with E-state index < -0.39 is 16.2 Å². The molecule has 0 saturated carbocycles. The molecular weight excluding hydrogens is 238 g/mol. The molecule has 0 aromatic heterocycles. The predicted molar refractivity (Wildman–Crippen MR) is 55.7 cm³/mol. The van der Waals surface area contributed by atoms with E-state index in [2.05, 4.69) is 4.18 Å². The fourth-order valence-electron chi connectivity index (χ4n) is 1.01. The first-order valence-corrected chi connectivity index (χ1v) is 6.16. The second-order valence-electron chi connectivity index (χ2n) is 2.83. The Morgan fingerprint density at radius 2 is 2.07 bits per heavy atom. The van der Waals surface area contributed by atoms with Crippen molar-refractivity contribution < 1.29 is 12.6 Å². The van der Waals surface area contributed by atoms with E-state index in [9.17, 15) is 8.42 Å². The Morgan fingerprint density at radius 1 is 1.47 bits per heavy atom. The number of halogens is 1. The Labute approximate surface area is 93.2 Å². The zero-order valence-electron chi connectivity index (χ0n) is 7.84. The lowest BCUT2D eigenvalue weighted by Gasteiger charge is -2.09. The summed E-state index contributed by atoms with van der Waals surface area (Å²) in [5.74, 6) is 0. The molecule has 0 radical (unpaired) electrons. The van der Waals surface area contributed by atoms with E-state index in [0.717, 1.165) is 6.26 Å². The lowest BCUT2D eigenvalue weighted by molar-refractivity contribution is 0.271.